The first-order valence-electron chi connectivity index (χ1n) is 6.48. The second-order valence-corrected chi connectivity index (χ2v) is 4.64. The largest absolute Gasteiger partial charge is 0.482 e. The summed E-state index contributed by atoms with van der Waals surface area (Å²) < 4.78 is 10.7. The summed E-state index contributed by atoms with van der Waals surface area (Å²) in [6.45, 7) is 1.49. The van der Waals surface area contributed by atoms with E-state index in [0.717, 1.165) is 25.9 Å². The standard InChI is InChI=1S/C14H20N2O3/c1-18-11-6-8-16(9-7-11)14(17)10-19-13-5-3-2-4-12(13)15/h2-5,11H,6-10,15H2,1H3. The number of nitrogens with zero attached hydrogens (tertiary/aromatic N) is 1. The fraction of sp³-hybridized carbons (Fsp3) is 0.500. The van der Waals surface area contributed by atoms with Gasteiger partial charge < -0.3 is 20.1 Å². The number of piperidine rings is 1. The summed E-state index contributed by atoms with van der Waals surface area (Å²) in [5.74, 6) is 0.556. The van der Waals surface area contributed by atoms with Gasteiger partial charge >= 0.3 is 0 Å². The molecule has 0 saturated carbocycles. The summed E-state index contributed by atoms with van der Waals surface area (Å²) in [6.07, 6.45) is 2.04. The topological polar surface area (TPSA) is 64.8 Å². The van der Waals surface area contributed by atoms with E-state index in [1.807, 2.05) is 17.0 Å². The number of hydrogen-bond donors (Lipinski definition) is 1. The van der Waals surface area contributed by atoms with Crippen molar-refractivity contribution in [3.05, 3.63) is 24.3 Å². The van der Waals surface area contributed by atoms with Crippen LogP contribution in [-0.4, -0.2) is 43.7 Å². The number of anilines is 1. The Morgan fingerprint density at radius 1 is 1.37 bits per heavy atom. The molecule has 1 aromatic rings. The lowest BCUT2D eigenvalue weighted by atomic mass is 10.1. The fourth-order valence-corrected chi connectivity index (χ4v) is 2.18. The first kappa shape index (κ1) is 13.7. The van der Waals surface area contributed by atoms with Crippen molar-refractivity contribution in [2.75, 3.05) is 32.5 Å². The van der Waals surface area contributed by atoms with Crippen LogP contribution in [0.1, 0.15) is 12.8 Å². The number of nitrogen functional groups attached to an aromatic ring is 1. The maximum absolute atomic E-state index is 12.0. The summed E-state index contributed by atoms with van der Waals surface area (Å²) in [7, 11) is 1.71. The predicted octanol–water partition coefficient (Wildman–Crippen LogP) is 1.28. The molecule has 1 heterocycles. The molecule has 1 fully saturated rings. The summed E-state index contributed by atoms with van der Waals surface area (Å²) in [5.41, 5.74) is 6.30. The van der Waals surface area contributed by atoms with Crippen LogP contribution in [0, 0.1) is 0 Å². The highest BCUT2D eigenvalue weighted by Gasteiger charge is 2.22. The molecule has 0 spiro atoms. The molecule has 0 unspecified atom stereocenters. The highest BCUT2D eigenvalue weighted by molar-refractivity contribution is 5.78. The van der Waals surface area contributed by atoms with Crippen LogP contribution in [0.25, 0.3) is 0 Å². The fourth-order valence-electron chi connectivity index (χ4n) is 2.18. The predicted molar refractivity (Wildman–Crippen MR) is 73.0 cm³/mol. The minimum atomic E-state index is -0.00203. The molecule has 0 aromatic heterocycles. The third kappa shape index (κ3) is 3.61. The van der Waals surface area contributed by atoms with E-state index in [1.165, 1.54) is 0 Å². The Morgan fingerprint density at radius 2 is 2.05 bits per heavy atom. The number of amides is 1. The monoisotopic (exact) mass is 264 g/mol. The van der Waals surface area contributed by atoms with E-state index in [2.05, 4.69) is 0 Å². The third-order valence-electron chi connectivity index (χ3n) is 3.40. The van der Waals surface area contributed by atoms with E-state index in [1.54, 1.807) is 19.2 Å². The first-order valence-corrected chi connectivity index (χ1v) is 6.48. The van der Waals surface area contributed by atoms with Gasteiger partial charge in [-0.2, -0.15) is 0 Å². The number of para-hydroxylation sites is 2. The number of nitrogens with two attached hydrogens (primary N) is 1. The molecule has 0 bridgehead atoms. The minimum Gasteiger partial charge on any atom is -0.482 e. The molecule has 1 aromatic carbocycles. The van der Waals surface area contributed by atoms with E-state index in [4.69, 9.17) is 15.2 Å². The number of hydrogen-bond acceptors (Lipinski definition) is 4. The van der Waals surface area contributed by atoms with Crippen molar-refractivity contribution >= 4 is 11.6 Å². The van der Waals surface area contributed by atoms with Gasteiger partial charge in [-0.3, -0.25) is 4.79 Å². The molecule has 1 aliphatic heterocycles. The molecule has 1 saturated heterocycles. The number of ether oxygens (including phenoxy) is 2. The van der Waals surface area contributed by atoms with Gasteiger partial charge in [0.15, 0.2) is 6.61 Å². The van der Waals surface area contributed by atoms with Crippen LogP contribution in [-0.2, 0) is 9.53 Å². The lowest BCUT2D eigenvalue weighted by molar-refractivity contribution is -0.135. The highest BCUT2D eigenvalue weighted by atomic mass is 16.5. The molecule has 0 aliphatic carbocycles. The number of rotatable bonds is 4. The molecule has 1 amide bonds. The van der Waals surface area contributed by atoms with Crippen LogP contribution in [0.5, 0.6) is 5.75 Å². The van der Waals surface area contributed by atoms with Gasteiger partial charge in [-0.15, -0.1) is 0 Å². The first-order chi connectivity index (χ1) is 9.20. The molecule has 5 heteroatoms. The normalized spacial score (nSPS) is 16.4. The number of benzene rings is 1. The van der Waals surface area contributed by atoms with E-state index in [0.29, 0.717) is 11.4 Å². The van der Waals surface area contributed by atoms with Crippen LogP contribution in [0.3, 0.4) is 0 Å². The van der Waals surface area contributed by atoms with Crippen LogP contribution in [0.2, 0.25) is 0 Å². The van der Waals surface area contributed by atoms with Crippen molar-refractivity contribution in [2.24, 2.45) is 0 Å². The molecule has 0 atom stereocenters. The van der Waals surface area contributed by atoms with E-state index in [-0.39, 0.29) is 18.6 Å². The number of carbonyl (C=O) groups excluding carboxylic acids is 1. The second-order valence-electron chi connectivity index (χ2n) is 4.64. The van der Waals surface area contributed by atoms with Gasteiger partial charge in [-0.1, -0.05) is 12.1 Å². The van der Waals surface area contributed by atoms with E-state index < -0.39 is 0 Å². The molecule has 5 nitrogen and oxygen atoms in total. The lowest BCUT2D eigenvalue weighted by Gasteiger charge is -2.31. The van der Waals surface area contributed by atoms with Gasteiger partial charge in [0.1, 0.15) is 5.75 Å². The number of carbonyl (C=O) groups is 1. The quantitative estimate of drug-likeness (QED) is 0.832. The molecule has 0 radical (unpaired) electrons. The van der Waals surface area contributed by atoms with Gasteiger partial charge in [0.05, 0.1) is 11.8 Å². The molecule has 2 N–H and O–H groups in total. The molecule has 104 valence electrons. The minimum absolute atomic E-state index is 0.00203. The Kier molecular flexibility index (Phi) is 4.63. The highest BCUT2D eigenvalue weighted by Crippen LogP contribution is 2.20. The molecule has 2 rings (SSSR count). The summed E-state index contributed by atoms with van der Waals surface area (Å²) in [5, 5.41) is 0. The average Bonchev–Trinajstić information content (AvgIpc) is 2.46. The molecule has 1 aliphatic rings. The third-order valence-corrected chi connectivity index (χ3v) is 3.40. The van der Waals surface area contributed by atoms with Gasteiger partial charge in [-0.05, 0) is 25.0 Å². The SMILES string of the molecule is COC1CCN(C(=O)COc2ccccc2N)CC1. The summed E-state index contributed by atoms with van der Waals surface area (Å²) in [6, 6.07) is 7.18. The van der Waals surface area contributed by atoms with Crippen molar-refractivity contribution in [1.82, 2.24) is 4.90 Å². The van der Waals surface area contributed by atoms with Crippen molar-refractivity contribution < 1.29 is 14.3 Å². The Morgan fingerprint density at radius 3 is 2.68 bits per heavy atom. The van der Waals surface area contributed by atoms with Gasteiger partial charge in [-0.25, -0.2) is 0 Å². The van der Waals surface area contributed by atoms with Crippen molar-refractivity contribution in [3.8, 4) is 5.75 Å². The number of likely N-dealkylation sites (tertiary alicyclic amines) is 1. The van der Waals surface area contributed by atoms with E-state index >= 15 is 0 Å². The molecule has 19 heavy (non-hydrogen) atoms. The van der Waals surface area contributed by atoms with Crippen molar-refractivity contribution in [1.29, 1.82) is 0 Å². The Labute approximate surface area is 113 Å². The molecular formula is C14H20N2O3. The maximum atomic E-state index is 12.0. The zero-order valence-corrected chi connectivity index (χ0v) is 11.2. The van der Waals surface area contributed by atoms with Gasteiger partial charge in [0, 0.05) is 20.2 Å². The zero-order valence-electron chi connectivity index (χ0n) is 11.2. The zero-order chi connectivity index (χ0) is 13.7. The maximum Gasteiger partial charge on any atom is 0.260 e. The van der Waals surface area contributed by atoms with Gasteiger partial charge in [0.25, 0.3) is 5.91 Å². The van der Waals surface area contributed by atoms with E-state index in [9.17, 15) is 4.79 Å². The summed E-state index contributed by atoms with van der Waals surface area (Å²) in [4.78, 5) is 13.8. The van der Waals surface area contributed by atoms with Gasteiger partial charge in [0.2, 0.25) is 0 Å². The van der Waals surface area contributed by atoms with Crippen molar-refractivity contribution in [2.45, 2.75) is 18.9 Å². The summed E-state index contributed by atoms with van der Waals surface area (Å²) >= 11 is 0. The smallest absolute Gasteiger partial charge is 0.260 e. The van der Waals surface area contributed by atoms with Crippen LogP contribution < -0.4 is 10.5 Å². The number of methoxy groups -OCH3 is 1. The Bertz CT molecular complexity index is 428. The Balaban J connectivity index is 1.81. The second kappa shape index (κ2) is 6.43. The van der Waals surface area contributed by atoms with Crippen LogP contribution in [0.15, 0.2) is 24.3 Å². The van der Waals surface area contributed by atoms with Crippen LogP contribution >= 0.6 is 0 Å². The molecular weight excluding hydrogens is 244 g/mol. The Hall–Kier alpha value is -1.75. The average molecular weight is 264 g/mol. The lowest BCUT2D eigenvalue weighted by Crippen LogP contribution is -2.42. The van der Waals surface area contributed by atoms with Crippen molar-refractivity contribution in [3.63, 3.8) is 0 Å². The van der Waals surface area contributed by atoms with Crippen LogP contribution in [0.4, 0.5) is 5.69 Å².